The van der Waals surface area contributed by atoms with Crippen LogP contribution in [0.5, 0.6) is 0 Å². The predicted molar refractivity (Wildman–Crippen MR) is 109 cm³/mol. The molecule has 1 fully saturated rings. The van der Waals surface area contributed by atoms with E-state index in [0.29, 0.717) is 11.1 Å². The lowest BCUT2D eigenvalue weighted by atomic mass is 10.0. The molecule has 0 spiro atoms. The molecule has 2 N–H and O–H groups in total. The fraction of sp³-hybridized carbons (Fsp3) is 0.450. The Balaban J connectivity index is 1.62. The Kier molecular flexibility index (Phi) is 7.05. The van der Waals surface area contributed by atoms with Gasteiger partial charge in [0.25, 0.3) is 11.2 Å². The first-order valence-corrected chi connectivity index (χ1v) is 9.86. The molecular formula is C20H23N3O9. The van der Waals surface area contributed by atoms with Gasteiger partial charge in [-0.1, -0.05) is 25.1 Å². The van der Waals surface area contributed by atoms with Crippen LogP contribution in [0, 0.1) is 17.0 Å². The number of nitrogens with zero attached hydrogens (tertiary/aromatic N) is 2. The summed E-state index contributed by atoms with van der Waals surface area (Å²) in [6.07, 6.45) is -2.33. The SMILES string of the molecule is Cc1cn([C@H]2CC(OC(=O)OCC(C)c3ccccc3[N+](=O)[O-])[C@@H](CO)O2)c(=O)[nH]c1=O. The lowest BCUT2D eigenvalue weighted by Crippen LogP contribution is -2.33. The van der Waals surface area contributed by atoms with Gasteiger partial charge in [-0.2, -0.15) is 0 Å². The molecule has 1 aliphatic rings. The highest BCUT2D eigenvalue weighted by Gasteiger charge is 2.39. The minimum atomic E-state index is -1.03. The number of aromatic nitrogens is 2. The summed E-state index contributed by atoms with van der Waals surface area (Å²) in [7, 11) is 0. The van der Waals surface area contributed by atoms with Crippen molar-refractivity contribution in [2.75, 3.05) is 13.2 Å². The van der Waals surface area contributed by atoms with Gasteiger partial charge < -0.3 is 19.3 Å². The number of H-pyrrole nitrogens is 1. The first kappa shape index (κ1) is 23.2. The topological polar surface area (TPSA) is 163 Å². The number of ether oxygens (including phenoxy) is 3. The maximum Gasteiger partial charge on any atom is 0.508 e. The summed E-state index contributed by atoms with van der Waals surface area (Å²) in [6, 6.07) is 6.15. The molecule has 0 amide bonds. The monoisotopic (exact) mass is 449 g/mol. The maximum atomic E-state index is 12.2. The molecule has 3 rings (SSSR count). The van der Waals surface area contributed by atoms with Gasteiger partial charge in [-0.25, -0.2) is 9.59 Å². The second-order valence-electron chi connectivity index (χ2n) is 7.46. The Hall–Kier alpha value is -3.51. The number of aliphatic hydroxyl groups excluding tert-OH is 1. The summed E-state index contributed by atoms with van der Waals surface area (Å²) in [4.78, 5) is 48.6. The number of nitro groups is 1. The van der Waals surface area contributed by atoms with Crippen LogP contribution in [0.25, 0.3) is 0 Å². The van der Waals surface area contributed by atoms with Gasteiger partial charge in [-0.05, 0) is 6.92 Å². The number of carbonyl (C=O) groups excluding carboxylic acids is 1. The van der Waals surface area contributed by atoms with E-state index in [2.05, 4.69) is 4.98 Å². The zero-order valence-electron chi connectivity index (χ0n) is 17.4. The number of nitrogens with one attached hydrogen (secondary N) is 1. The predicted octanol–water partition coefficient (Wildman–Crippen LogP) is 1.36. The molecule has 1 aliphatic heterocycles. The number of carbonyl (C=O) groups is 1. The summed E-state index contributed by atoms with van der Waals surface area (Å²) in [6.45, 7) is 2.56. The average Bonchev–Trinajstić information content (AvgIpc) is 3.16. The smallest absolute Gasteiger partial charge is 0.434 e. The van der Waals surface area contributed by atoms with E-state index in [1.807, 2.05) is 0 Å². The number of hydrogen-bond donors (Lipinski definition) is 2. The van der Waals surface area contributed by atoms with Crippen LogP contribution in [0.4, 0.5) is 10.5 Å². The quantitative estimate of drug-likeness (QED) is 0.361. The van der Waals surface area contributed by atoms with E-state index in [1.54, 1.807) is 25.1 Å². The molecule has 4 atom stereocenters. The Morgan fingerprint density at radius 2 is 2.12 bits per heavy atom. The largest absolute Gasteiger partial charge is 0.508 e. The molecule has 0 bridgehead atoms. The summed E-state index contributed by atoms with van der Waals surface area (Å²) < 4.78 is 17.1. The molecule has 172 valence electrons. The fourth-order valence-electron chi connectivity index (χ4n) is 3.47. The van der Waals surface area contributed by atoms with Crippen LogP contribution in [-0.4, -0.2) is 51.2 Å². The third kappa shape index (κ3) is 5.03. The first-order chi connectivity index (χ1) is 15.2. The Morgan fingerprint density at radius 1 is 1.41 bits per heavy atom. The zero-order valence-corrected chi connectivity index (χ0v) is 17.4. The van der Waals surface area contributed by atoms with Crippen molar-refractivity contribution in [1.29, 1.82) is 0 Å². The standard InChI is InChI=1S/C20H23N3O9/c1-11-8-22(19(26)21-18(11)25)17-7-15(16(9-24)31-17)32-20(27)30-10-12(2)13-5-3-4-6-14(13)23(28)29/h3-6,8,12,15-17,24H,7,9-10H2,1-2H3,(H,21,25,26)/t12?,15?,16-,17-/m1/s1. The van der Waals surface area contributed by atoms with Crippen LogP contribution in [0.1, 0.15) is 36.6 Å². The van der Waals surface area contributed by atoms with Crippen molar-refractivity contribution in [2.24, 2.45) is 0 Å². The van der Waals surface area contributed by atoms with Crippen molar-refractivity contribution in [3.63, 3.8) is 0 Å². The number of benzene rings is 1. The number of nitro benzene ring substituents is 1. The maximum absolute atomic E-state index is 12.2. The second-order valence-corrected chi connectivity index (χ2v) is 7.46. The molecule has 12 heteroatoms. The lowest BCUT2D eigenvalue weighted by molar-refractivity contribution is -0.385. The molecule has 2 unspecified atom stereocenters. The number of aryl methyl sites for hydroxylation is 1. The summed E-state index contributed by atoms with van der Waals surface area (Å²) in [5, 5.41) is 20.7. The van der Waals surface area contributed by atoms with Gasteiger partial charge in [0.2, 0.25) is 0 Å². The molecule has 12 nitrogen and oxygen atoms in total. The van der Waals surface area contributed by atoms with Gasteiger partial charge in [-0.3, -0.25) is 24.5 Å². The van der Waals surface area contributed by atoms with E-state index in [9.17, 15) is 29.6 Å². The molecule has 1 saturated heterocycles. The molecule has 0 radical (unpaired) electrons. The van der Waals surface area contributed by atoms with Crippen molar-refractivity contribution >= 4 is 11.8 Å². The third-order valence-electron chi connectivity index (χ3n) is 5.18. The average molecular weight is 449 g/mol. The molecule has 32 heavy (non-hydrogen) atoms. The normalized spacial score (nSPS) is 21.2. The van der Waals surface area contributed by atoms with E-state index in [-0.39, 0.29) is 18.7 Å². The van der Waals surface area contributed by atoms with Crippen molar-refractivity contribution in [3.8, 4) is 0 Å². The lowest BCUT2D eigenvalue weighted by Gasteiger charge is -2.17. The first-order valence-electron chi connectivity index (χ1n) is 9.86. The molecule has 1 aromatic carbocycles. The molecule has 0 saturated carbocycles. The minimum Gasteiger partial charge on any atom is -0.434 e. The Bertz CT molecular complexity index is 1110. The highest BCUT2D eigenvalue weighted by molar-refractivity contribution is 5.60. The van der Waals surface area contributed by atoms with E-state index in [1.165, 1.54) is 19.2 Å². The highest BCUT2D eigenvalue weighted by Crippen LogP contribution is 2.30. The second kappa shape index (κ2) is 9.75. The summed E-state index contributed by atoms with van der Waals surface area (Å²) in [5.74, 6) is -0.465. The number of aromatic amines is 1. The van der Waals surface area contributed by atoms with Gasteiger partial charge in [0.1, 0.15) is 25.0 Å². The van der Waals surface area contributed by atoms with Crippen molar-refractivity contribution in [3.05, 3.63) is 72.5 Å². The third-order valence-corrected chi connectivity index (χ3v) is 5.18. The molecule has 2 aromatic rings. The van der Waals surface area contributed by atoms with E-state index in [4.69, 9.17) is 14.2 Å². The van der Waals surface area contributed by atoms with Crippen LogP contribution < -0.4 is 11.2 Å². The van der Waals surface area contributed by atoms with Gasteiger partial charge in [0.15, 0.2) is 0 Å². The van der Waals surface area contributed by atoms with E-state index < -0.39 is 53.3 Å². The van der Waals surface area contributed by atoms with Crippen molar-refractivity contribution in [1.82, 2.24) is 9.55 Å². The van der Waals surface area contributed by atoms with Gasteiger partial charge in [0, 0.05) is 35.7 Å². The molecular weight excluding hydrogens is 426 g/mol. The van der Waals surface area contributed by atoms with Crippen molar-refractivity contribution < 1.29 is 29.0 Å². The van der Waals surface area contributed by atoms with Crippen LogP contribution in [-0.2, 0) is 14.2 Å². The van der Waals surface area contributed by atoms with Crippen LogP contribution in [0.3, 0.4) is 0 Å². The molecule has 2 heterocycles. The zero-order chi connectivity index (χ0) is 23.4. The van der Waals surface area contributed by atoms with Gasteiger partial charge >= 0.3 is 11.8 Å². The van der Waals surface area contributed by atoms with Gasteiger partial charge in [0.05, 0.1) is 11.5 Å². The van der Waals surface area contributed by atoms with E-state index in [0.717, 1.165) is 4.57 Å². The molecule has 0 aliphatic carbocycles. The van der Waals surface area contributed by atoms with Gasteiger partial charge in [-0.15, -0.1) is 0 Å². The van der Waals surface area contributed by atoms with Crippen LogP contribution in [0.2, 0.25) is 0 Å². The number of rotatable bonds is 7. The minimum absolute atomic E-state index is 0.0471. The molecule has 1 aromatic heterocycles. The van der Waals surface area contributed by atoms with E-state index >= 15 is 0 Å². The Labute approximate surface area is 181 Å². The number of para-hydroxylation sites is 1. The van der Waals surface area contributed by atoms with Crippen LogP contribution in [0.15, 0.2) is 40.1 Å². The van der Waals surface area contributed by atoms with Crippen LogP contribution >= 0.6 is 0 Å². The highest BCUT2D eigenvalue weighted by atomic mass is 16.7. The fourth-order valence-corrected chi connectivity index (χ4v) is 3.47. The van der Waals surface area contributed by atoms with Crippen molar-refractivity contribution in [2.45, 2.75) is 44.6 Å². The Morgan fingerprint density at radius 3 is 2.81 bits per heavy atom. The number of hydrogen-bond acceptors (Lipinski definition) is 9. The summed E-state index contributed by atoms with van der Waals surface area (Å²) >= 11 is 0. The summed E-state index contributed by atoms with van der Waals surface area (Å²) in [5.41, 5.74) is -0.584. The number of aliphatic hydroxyl groups is 1.